The lowest BCUT2D eigenvalue weighted by molar-refractivity contribution is 0.329. The first kappa shape index (κ1) is 13.2. The fourth-order valence-electron chi connectivity index (χ4n) is 1.87. The van der Waals surface area contributed by atoms with E-state index in [2.05, 4.69) is 70.3 Å². The molecule has 0 fully saturated rings. The summed E-state index contributed by atoms with van der Waals surface area (Å²) in [6.45, 7) is 11.4. The van der Waals surface area contributed by atoms with Crippen LogP contribution in [0.3, 0.4) is 0 Å². The second-order valence-corrected chi connectivity index (χ2v) is 5.29. The molecule has 0 aromatic heterocycles. The van der Waals surface area contributed by atoms with Gasteiger partial charge >= 0.3 is 0 Å². The smallest absolute Gasteiger partial charge is 0.0133 e. The third kappa shape index (κ3) is 3.08. The Hall–Kier alpha value is -0.820. The van der Waals surface area contributed by atoms with Crippen LogP contribution in [0.1, 0.15) is 46.6 Å². The highest BCUT2D eigenvalue weighted by molar-refractivity contribution is 5.25. The summed E-state index contributed by atoms with van der Waals surface area (Å²) in [4.78, 5) is 0. The summed E-state index contributed by atoms with van der Waals surface area (Å²) in [7, 11) is 0. The van der Waals surface area contributed by atoms with Crippen molar-refractivity contribution in [3.8, 4) is 0 Å². The van der Waals surface area contributed by atoms with E-state index in [9.17, 15) is 0 Å². The second kappa shape index (κ2) is 5.49. The summed E-state index contributed by atoms with van der Waals surface area (Å²) >= 11 is 0. The zero-order valence-corrected chi connectivity index (χ0v) is 11.2. The van der Waals surface area contributed by atoms with E-state index in [1.807, 2.05) is 0 Å². The molecule has 1 rings (SSSR count). The molecule has 0 amide bonds. The molecule has 0 heterocycles. The predicted octanol–water partition coefficient (Wildman–Crippen LogP) is 3.74. The van der Waals surface area contributed by atoms with Gasteiger partial charge in [0.25, 0.3) is 0 Å². The van der Waals surface area contributed by atoms with Crippen molar-refractivity contribution >= 4 is 0 Å². The summed E-state index contributed by atoms with van der Waals surface area (Å²) in [6.07, 6.45) is 1.18. The molecular weight excluding hydrogens is 194 g/mol. The molecule has 0 aliphatic rings. The Morgan fingerprint density at radius 2 is 1.69 bits per heavy atom. The van der Waals surface area contributed by atoms with Crippen molar-refractivity contribution in [2.45, 2.75) is 58.5 Å². The van der Waals surface area contributed by atoms with Crippen LogP contribution in [0.4, 0.5) is 0 Å². The fourth-order valence-corrected chi connectivity index (χ4v) is 1.87. The maximum absolute atomic E-state index is 3.67. The van der Waals surface area contributed by atoms with Gasteiger partial charge in [0.05, 0.1) is 0 Å². The van der Waals surface area contributed by atoms with Crippen molar-refractivity contribution in [2.24, 2.45) is 0 Å². The molecule has 90 valence electrons. The van der Waals surface area contributed by atoms with Gasteiger partial charge in [0, 0.05) is 17.5 Å². The molecule has 1 N–H and O–H groups in total. The molecule has 2 unspecified atom stereocenters. The molecule has 16 heavy (non-hydrogen) atoms. The topological polar surface area (TPSA) is 12.0 Å². The van der Waals surface area contributed by atoms with Crippen LogP contribution >= 0.6 is 0 Å². The summed E-state index contributed by atoms with van der Waals surface area (Å²) in [5, 5.41) is 3.67. The van der Waals surface area contributed by atoms with Crippen LogP contribution in [0.2, 0.25) is 0 Å². The Kier molecular flexibility index (Phi) is 4.55. The van der Waals surface area contributed by atoms with Crippen LogP contribution in [-0.4, -0.2) is 12.1 Å². The monoisotopic (exact) mass is 219 g/mol. The predicted molar refractivity (Wildman–Crippen MR) is 71.8 cm³/mol. The molecule has 0 bridgehead atoms. The first-order valence-corrected chi connectivity index (χ1v) is 6.30. The molecular formula is C15H25N. The van der Waals surface area contributed by atoms with E-state index in [0.29, 0.717) is 12.1 Å². The van der Waals surface area contributed by atoms with E-state index in [1.165, 1.54) is 12.0 Å². The number of hydrogen-bond donors (Lipinski definition) is 1. The van der Waals surface area contributed by atoms with E-state index in [-0.39, 0.29) is 5.41 Å². The van der Waals surface area contributed by atoms with Crippen LogP contribution in [0.15, 0.2) is 30.3 Å². The summed E-state index contributed by atoms with van der Waals surface area (Å²) in [6, 6.07) is 11.8. The lowest BCUT2D eigenvalue weighted by Crippen LogP contribution is -2.46. The lowest BCUT2D eigenvalue weighted by Gasteiger charge is -2.35. The lowest BCUT2D eigenvalue weighted by atomic mass is 9.78. The van der Waals surface area contributed by atoms with Crippen molar-refractivity contribution in [1.29, 1.82) is 0 Å². The van der Waals surface area contributed by atoms with Crippen LogP contribution in [0.5, 0.6) is 0 Å². The molecule has 1 heteroatoms. The molecule has 2 atom stereocenters. The quantitative estimate of drug-likeness (QED) is 0.795. The van der Waals surface area contributed by atoms with Gasteiger partial charge in [-0.2, -0.15) is 0 Å². The van der Waals surface area contributed by atoms with Crippen LogP contribution < -0.4 is 5.32 Å². The minimum atomic E-state index is 0.171. The highest BCUT2D eigenvalue weighted by atomic mass is 15.0. The first-order chi connectivity index (χ1) is 7.48. The standard InChI is InChI=1S/C15H25N/c1-6-12(2)16-13(3)15(4,5)14-10-8-7-9-11-14/h7-13,16H,6H2,1-5H3. The number of hydrogen-bond acceptors (Lipinski definition) is 1. The van der Waals surface area contributed by atoms with Gasteiger partial charge in [0.2, 0.25) is 0 Å². The Bertz CT molecular complexity index is 302. The van der Waals surface area contributed by atoms with Gasteiger partial charge in [-0.05, 0) is 25.8 Å². The van der Waals surface area contributed by atoms with Gasteiger partial charge < -0.3 is 5.32 Å². The van der Waals surface area contributed by atoms with E-state index in [0.717, 1.165) is 0 Å². The Balaban J connectivity index is 2.77. The van der Waals surface area contributed by atoms with Crippen LogP contribution in [0.25, 0.3) is 0 Å². The van der Waals surface area contributed by atoms with E-state index < -0.39 is 0 Å². The van der Waals surface area contributed by atoms with Crippen molar-refractivity contribution < 1.29 is 0 Å². The Morgan fingerprint density at radius 3 is 2.19 bits per heavy atom. The maximum Gasteiger partial charge on any atom is 0.0133 e. The third-order valence-corrected chi connectivity index (χ3v) is 3.75. The van der Waals surface area contributed by atoms with Crippen molar-refractivity contribution in [1.82, 2.24) is 5.32 Å². The summed E-state index contributed by atoms with van der Waals surface area (Å²) in [5.41, 5.74) is 1.57. The highest BCUT2D eigenvalue weighted by Crippen LogP contribution is 2.27. The van der Waals surface area contributed by atoms with Gasteiger partial charge in [-0.3, -0.25) is 0 Å². The molecule has 1 nitrogen and oxygen atoms in total. The first-order valence-electron chi connectivity index (χ1n) is 6.30. The molecule has 0 aliphatic heterocycles. The number of benzene rings is 1. The van der Waals surface area contributed by atoms with Gasteiger partial charge in [-0.25, -0.2) is 0 Å². The molecule has 0 spiro atoms. The molecule has 0 saturated carbocycles. The number of rotatable bonds is 5. The average molecular weight is 219 g/mol. The minimum absolute atomic E-state index is 0.171. The second-order valence-electron chi connectivity index (χ2n) is 5.29. The van der Waals surface area contributed by atoms with Crippen molar-refractivity contribution in [3.63, 3.8) is 0 Å². The molecule has 0 aliphatic carbocycles. The SMILES string of the molecule is CCC(C)NC(C)C(C)(C)c1ccccc1. The normalized spacial score (nSPS) is 15.8. The Labute approximate surface area is 100 Å². The van der Waals surface area contributed by atoms with E-state index in [1.54, 1.807) is 0 Å². The third-order valence-electron chi connectivity index (χ3n) is 3.75. The molecule has 1 aromatic rings. The summed E-state index contributed by atoms with van der Waals surface area (Å²) < 4.78 is 0. The maximum atomic E-state index is 3.67. The van der Waals surface area contributed by atoms with Crippen molar-refractivity contribution in [2.75, 3.05) is 0 Å². The minimum Gasteiger partial charge on any atom is -0.311 e. The fraction of sp³-hybridized carbons (Fsp3) is 0.600. The van der Waals surface area contributed by atoms with Gasteiger partial charge in [0.15, 0.2) is 0 Å². The van der Waals surface area contributed by atoms with Crippen molar-refractivity contribution in [3.05, 3.63) is 35.9 Å². The van der Waals surface area contributed by atoms with Crippen LogP contribution in [-0.2, 0) is 5.41 Å². The van der Waals surface area contributed by atoms with E-state index >= 15 is 0 Å². The zero-order chi connectivity index (χ0) is 12.2. The zero-order valence-electron chi connectivity index (χ0n) is 11.2. The molecule has 0 saturated heterocycles. The van der Waals surface area contributed by atoms with Crippen LogP contribution in [0, 0.1) is 0 Å². The van der Waals surface area contributed by atoms with E-state index in [4.69, 9.17) is 0 Å². The molecule has 1 aromatic carbocycles. The van der Waals surface area contributed by atoms with Gasteiger partial charge in [-0.15, -0.1) is 0 Å². The largest absolute Gasteiger partial charge is 0.311 e. The van der Waals surface area contributed by atoms with Gasteiger partial charge in [-0.1, -0.05) is 51.1 Å². The Morgan fingerprint density at radius 1 is 1.12 bits per heavy atom. The highest BCUT2D eigenvalue weighted by Gasteiger charge is 2.28. The summed E-state index contributed by atoms with van der Waals surface area (Å²) in [5.74, 6) is 0. The number of nitrogens with one attached hydrogen (secondary N) is 1. The van der Waals surface area contributed by atoms with Gasteiger partial charge in [0.1, 0.15) is 0 Å². The average Bonchev–Trinajstić information content (AvgIpc) is 2.29. The molecule has 0 radical (unpaired) electrons.